The number of amides is 2. The number of anilines is 1. The van der Waals surface area contributed by atoms with Crippen LogP contribution in [0.1, 0.15) is 42.0 Å². The Morgan fingerprint density at radius 1 is 0.844 bits per heavy atom. The van der Waals surface area contributed by atoms with E-state index in [1.54, 1.807) is 37.3 Å². The largest absolute Gasteiger partial charge is 0.354 e. The number of aryl methyl sites for hydroxylation is 2. The zero-order valence-electron chi connectivity index (χ0n) is 25.9. The van der Waals surface area contributed by atoms with E-state index in [1.165, 1.54) is 17.0 Å². The van der Waals surface area contributed by atoms with E-state index in [9.17, 15) is 18.0 Å². The van der Waals surface area contributed by atoms with Crippen molar-refractivity contribution < 1.29 is 18.0 Å². The minimum Gasteiger partial charge on any atom is -0.354 e. The van der Waals surface area contributed by atoms with Gasteiger partial charge in [-0.05, 0) is 67.3 Å². The minimum atomic E-state index is -4.19. The Labute approximate surface area is 271 Å². The molecule has 45 heavy (non-hydrogen) atoms. The molecule has 4 aromatic carbocycles. The third-order valence-corrected chi connectivity index (χ3v) is 9.62. The summed E-state index contributed by atoms with van der Waals surface area (Å²) < 4.78 is 29.5. The standard InChI is InChI=1S/C36H40ClN3O4S/c1-4-5-22-38-36(42)34(24-29-12-8-6-9-13-29)39(25-30-14-10-7-11-15-30)35(41)26-40(33-21-18-31(37)23-28(33)3)45(43,44)32-19-16-27(2)17-20-32/h6-21,23,34H,4-5,22,24-26H2,1-3H3,(H,38,42)/t34-/m0/s1. The number of rotatable bonds is 14. The van der Waals surface area contributed by atoms with Gasteiger partial charge < -0.3 is 10.2 Å². The molecule has 0 radical (unpaired) electrons. The highest BCUT2D eigenvalue weighted by molar-refractivity contribution is 7.92. The van der Waals surface area contributed by atoms with E-state index in [0.29, 0.717) is 22.8 Å². The number of carbonyl (C=O) groups is 2. The lowest BCUT2D eigenvalue weighted by atomic mass is 10.0. The smallest absolute Gasteiger partial charge is 0.264 e. The second-order valence-corrected chi connectivity index (χ2v) is 13.4. The monoisotopic (exact) mass is 645 g/mol. The molecule has 0 aliphatic carbocycles. The Hall–Kier alpha value is -4.14. The molecule has 1 atom stereocenters. The predicted octanol–water partition coefficient (Wildman–Crippen LogP) is 6.71. The van der Waals surface area contributed by atoms with E-state index in [-0.39, 0.29) is 23.8 Å². The summed E-state index contributed by atoms with van der Waals surface area (Å²) >= 11 is 6.23. The summed E-state index contributed by atoms with van der Waals surface area (Å²) in [7, 11) is -4.19. The number of hydrogen-bond donors (Lipinski definition) is 1. The molecular weight excluding hydrogens is 606 g/mol. The van der Waals surface area contributed by atoms with Crippen molar-refractivity contribution in [2.45, 2.75) is 57.5 Å². The van der Waals surface area contributed by atoms with Crippen LogP contribution in [0.3, 0.4) is 0 Å². The number of nitrogens with zero attached hydrogens (tertiary/aromatic N) is 2. The Morgan fingerprint density at radius 3 is 2.07 bits per heavy atom. The topological polar surface area (TPSA) is 86.8 Å². The summed E-state index contributed by atoms with van der Waals surface area (Å²) in [5, 5.41) is 3.46. The molecule has 0 unspecified atom stereocenters. The van der Waals surface area contributed by atoms with Gasteiger partial charge in [0.15, 0.2) is 0 Å². The van der Waals surface area contributed by atoms with Crippen LogP contribution in [0.4, 0.5) is 5.69 Å². The van der Waals surface area contributed by atoms with Crippen LogP contribution in [0.15, 0.2) is 108 Å². The van der Waals surface area contributed by atoms with E-state index in [0.717, 1.165) is 33.8 Å². The zero-order valence-corrected chi connectivity index (χ0v) is 27.5. The Morgan fingerprint density at radius 2 is 1.47 bits per heavy atom. The third-order valence-electron chi connectivity index (χ3n) is 7.61. The highest BCUT2D eigenvalue weighted by Gasteiger charge is 2.35. The van der Waals surface area contributed by atoms with Gasteiger partial charge in [0.1, 0.15) is 12.6 Å². The van der Waals surface area contributed by atoms with E-state index >= 15 is 0 Å². The van der Waals surface area contributed by atoms with Gasteiger partial charge >= 0.3 is 0 Å². The molecule has 9 heteroatoms. The SMILES string of the molecule is CCCCNC(=O)[C@H](Cc1ccccc1)N(Cc1ccccc1)C(=O)CN(c1ccc(Cl)cc1C)S(=O)(=O)c1ccc(C)cc1. The number of sulfonamides is 1. The Bertz CT molecular complexity index is 1680. The van der Waals surface area contributed by atoms with Gasteiger partial charge in [-0.2, -0.15) is 0 Å². The average molecular weight is 646 g/mol. The van der Waals surface area contributed by atoms with E-state index in [2.05, 4.69) is 5.32 Å². The highest BCUT2D eigenvalue weighted by Crippen LogP contribution is 2.30. The maximum atomic E-state index is 14.5. The molecular formula is C36H40ClN3O4S. The van der Waals surface area contributed by atoms with Crippen molar-refractivity contribution >= 4 is 39.1 Å². The first-order chi connectivity index (χ1) is 21.6. The van der Waals surface area contributed by atoms with Gasteiger partial charge in [-0.25, -0.2) is 8.42 Å². The Balaban J connectivity index is 1.80. The molecule has 236 valence electrons. The lowest BCUT2D eigenvalue weighted by Crippen LogP contribution is -2.53. The van der Waals surface area contributed by atoms with Crippen LogP contribution >= 0.6 is 11.6 Å². The van der Waals surface area contributed by atoms with Crippen molar-refractivity contribution in [2.75, 3.05) is 17.4 Å². The summed E-state index contributed by atoms with van der Waals surface area (Å²) in [6, 6.07) is 29.4. The van der Waals surface area contributed by atoms with Gasteiger partial charge in [-0.3, -0.25) is 13.9 Å². The second kappa shape index (κ2) is 15.7. The van der Waals surface area contributed by atoms with E-state index in [4.69, 9.17) is 11.6 Å². The highest BCUT2D eigenvalue weighted by atomic mass is 35.5. The van der Waals surface area contributed by atoms with Crippen molar-refractivity contribution in [1.82, 2.24) is 10.2 Å². The number of carbonyl (C=O) groups excluding carboxylic acids is 2. The predicted molar refractivity (Wildman–Crippen MR) is 181 cm³/mol. The van der Waals surface area contributed by atoms with Crippen LogP contribution in [0, 0.1) is 13.8 Å². The van der Waals surface area contributed by atoms with Crippen LogP contribution < -0.4 is 9.62 Å². The van der Waals surface area contributed by atoms with Crippen molar-refractivity contribution in [3.05, 3.63) is 130 Å². The van der Waals surface area contributed by atoms with Crippen LogP contribution in [0.2, 0.25) is 5.02 Å². The number of benzene rings is 4. The van der Waals surface area contributed by atoms with Crippen molar-refractivity contribution in [1.29, 1.82) is 0 Å². The minimum absolute atomic E-state index is 0.0583. The molecule has 0 aliphatic heterocycles. The average Bonchev–Trinajstić information content (AvgIpc) is 3.03. The molecule has 0 bridgehead atoms. The molecule has 4 rings (SSSR count). The summed E-state index contributed by atoms with van der Waals surface area (Å²) in [6.45, 7) is 5.76. The summed E-state index contributed by atoms with van der Waals surface area (Å²) in [5.41, 5.74) is 3.54. The van der Waals surface area contributed by atoms with Crippen LogP contribution in [-0.2, 0) is 32.6 Å². The fourth-order valence-electron chi connectivity index (χ4n) is 5.09. The van der Waals surface area contributed by atoms with Crippen molar-refractivity contribution in [2.24, 2.45) is 0 Å². The quantitative estimate of drug-likeness (QED) is 0.155. The summed E-state index contributed by atoms with van der Waals surface area (Å²) in [5.74, 6) is -0.789. The maximum Gasteiger partial charge on any atom is 0.264 e. The maximum absolute atomic E-state index is 14.5. The van der Waals surface area contributed by atoms with Gasteiger partial charge in [0.25, 0.3) is 10.0 Å². The lowest BCUT2D eigenvalue weighted by molar-refractivity contribution is -0.140. The lowest BCUT2D eigenvalue weighted by Gasteiger charge is -2.34. The number of unbranched alkanes of at least 4 members (excludes halogenated alkanes) is 1. The second-order valence-electron chi connectivity index (χ2n) is 11.1. The van der Waals surface area contributed by atoms with E-state index in [1.807, 2.05) is 74.5 Å². The zero-order chi connectivity index (χ0) is 32.4. The molecule has 0 saturated heterocycles. The van der Waals surface area contributed by atoms with Crippen molar-refractivity contribution in [3.8, 4) is 0 Å². The number of halogens is 1. The molecule has 0 fully saturated rings. The fourth-order valence-corrected chi connectivity index (χ4v) is 6.80. The molecule has 1 N–H and O–H groups in total. The summed E-state index contributed by atoms with van der Waals surface area (Å²) in [6.07, 6.45) is 1.97. The first-order valence-electron chi connectivity index (χ1n) is 15.1. The van der Waals surface area contributed by atoms with Crippen LogP contribution in [0.25, 0.3) is 0 Å². The van der Waals surface area contributed by atoms with Gasteiger partial charge in [0.2, 0.25) is 11.8 Å². The molecule has 7 nitrogen and oxygen atoms in total. The van der Waals surface area contributed by atoms with Gasteiger partial charge in [-0.1, -0.05) is 103 Å². The van der Waals surface area contributed by atoms with Gasteiger partial charge in [-0.15, -0.1) is 0 Å². The van der Waals surface area contributed by atoms with Crippen LogP contribution in [-0.4, -0.2) is 44.3 Å². The Kier molecular flexibility index (Phi) is 11.8. The molecule has 0 heterocycles. The molecule has 2 amide bonds. The molecule has 4 aromatic rings. The summed E-state index contributed by atoms with van der Waals surface area (Å²) in [4.78, 5) is 29.9. The molecule has 0 aliphatic rings. The molecule has 0 aromatic heterocycles. The fraction of sp³-hybridized carbons (Fsp3) is 0.278. The van der Waals surface area contributed by atoms with Crippen molar-refractivity contribution in [3.63, 3.8) is 0 Å². The normalized spacial score (nSPS) is 11.9. The molecule has 0 saturated carbocycles. The third kappa shape index (κ3) is 8.96. The van der Waals surface area contributed by atoms with E-state index < -0.39 is 28.5 Å². The van der Waals surface area contributed by atoms with Gasteiger partial charge in [0.05, 0.1) is 10.6 Å². The van der Waals surface area contributed by atoms with Crippen LogP contribution in [0.5, 0.6) is 0 Å². The van der Waals surface area contributed by atoms with Gasteiger partial charge in [0, 0.05) is 24.5 Å². The molecule has 0 spiro atoms. The first kappa shape index (κ1) is 33.7. The first-order valence-corrected chi connectivity index (χ1v) is 16.9. The number of nitrogens with one attached hydrogen (secondary N) is 1. The number of hydrogen-bond acceptors (Lipinski definition) is 4.